The molecule has 5 heteroatoms. The number of piperidine rings is 1. The van der Waals surface area contributed by atoms with Gasteiger partial charge in [-0.2, -0.15) is 0 Å². The van der Waals surface area contributed by atoms with Crippen LogP contribution in [0.3, 0.4) is 0 Å². The molecule has 0 aliphatic carbocycles. The van der Waals surface area contributed by atoms with Gasteiger partial charge in [0.15, 0.2) is 0 Å². The van der Waals surface area contributed by atoms with E-state index in [0.29, 0.717) is 19.1 Å². The second-order valence-electron chi connectivity index (χ2n) is 8.03. The molecule has 1 heterocycles. The predicted octanol–water partition coefficient (Wildman–Crippen LogP) is 4.36. The van der Waals surface area contributed by atoms with E-state index in [4.69, 9.17) is 4.74 Å². The molecule has 1 aliphatic rings. The maximum Gasteiger partial charge on any atom is 0.224 e. The van der Waals surface area contributed by atoms with Crippen LogP contribution in [0.25, 0.3) is 0 Å². The van der Waals surface area contributed by atoms with E-state index < -0.39 is 0 Å². The number of nitrogens with zero attached hydrogens (tertiary/aromatic N) is 1. The fourth-order valence-corrected chi connectivity index (χ4v) is 3.83. The van der Waals surface area contributed by atoms with Crippen molar-refractivity contribution in [2.75, 3.05) is 26.2 Å². The second-order valence-corrected chi connectivity index (χ2v) is 8.03. The molecule has 0 aromatic heterocycles. The number of halogens is 1. The smallest absolute Gasteiger partial charge is 0.224 e. The van der Waals surface area contributed by atoms with Gasteiger partial charge in [0.2, 0.25) is 5.91 Å². The van der Waals surface area contributed by atoms with Crippen molar-refractivity contribution in [3.8, 4) is 5.75 Å². The van der Waals surface area contributed by atoms with Gasteiger partial charge in [0.05, 0.1) is 12.5 Å². The lowest BCUT2D eigenvalue weighted by Gasteiger charge is -2.32. The number of nitrogens with one attached hydrogen (secondary N) is 1. The molecule has 0 radical (unpaired) electrons. The van der Waals surface area contributed by atoms with E-state index in [1.807, 2.05) is 30.3 Å². The Hall–Kier alpha value is -2.40. The van der Waals surface area contributed by atoms with Crippen LogP contribution < -0.4 is 10.1 Å². The molecule has 3 rings (SSSR count). The van der Waals surface area contributed by atoms with E-state index in [-0.39, 0.29) is 17.6 Å². The molecule has 0 saturated carbocycles. The maximum atomic E-state index is 13.1. The molecule has 4 nitrogen and oxygen atoms in total. The van der Waals surface area contributed by atoms with Gasteiger partial charge in [0.1, 0.15) is 18.2 Å². The Balaban J connectivity index is 1.43. The number of carbonyl (C=O) groups is 1. The Morgan fingerprint density at radius 2 is 1.97 bits per heavy atom. The van der Waals surface area contributed by atoms with Gasteiger partial charge in [-0.1, -0.05) is 44.2 Å². The van der Waals surface area contributed by atoms with E-state index in [2.05, 4.69) is 30.1 Å². The zero-order chi connectivity index (χ0) is 20.6. The number of para-hydroxylation sites is 1. The Morgan fingerprint density at radius 1 is 1.21 bits per heavy atom. The quantitative estimate of drug-likeness (QED) is 0.672. The SMILES string of the molecule is CC(C)c1ccccc1OCCNC(=O)[C@H]1CCCN(Cc2ccc(F)cc2)C1. The first-order chi connectivity index (χ1) is 14.0. The monoisotopic (exact) mass is 398 g/mol. The van der Waals surface area contributed by atoms with Crippen LogP contribution in [0.4, 0.5) is 4.39 Å². The number of carbonyl (C=O) groups excluding carboxylic acids is 1. The number of hydrogen-bond donors (Lipinski definition) is 1. The van der Waals surface area contributed by atoms with Gasteiger partial charge in [-0.05, 0) is 54.6 Å². The summed E-state index contributed by atoms with van der Waals surface area (Å²) >= 11 is 0. The van der Waals surface area contributed by atoms with Crippen molar-refractivity contribution in [1.29, 1.82) is 0 Å². The molecule has 0 bridgehead atoms. The van der Waals surface area contributed by atoms with Crippen LogP contribution in [0.15, 0.2) is 48.5 Å². The van der Waals surface area contributed by atoms with E-state index in [1.165, 1.54) is 17.7 Å². The van der Waals surface area contributed by atoms with Crippen LogP contribution >= 0.6 is 0 Å². The lowest BCUT2D eigenvalue weighted by molar-refractivity contribution is -0.126. The molecule has 0 spiro atoms. The first-order valence-corrected chi connectivity index (χ1v) is 10.5. The van der Waals surface area contributed by atoms with Gasteiger partial charge in [-0.3, -0.25) is 9.69 Å². The van der Waals surface area contributed by atoms with E-state index >= 15 is 0 Å². The zero-order valence-electron chi connectivity index (χ0n) is 17.4. The summed E-state index contributed by atoms with van der Waals surface area (Å²) in [6.07, 6.45) is 1.90. The molecule has 156 valence electrons. The van der Waals surface area contributed by atoms with Crippen molar-refractivity contribution in [3.63, 3.8) is 0 Å². The average Bonchev–Trinajstić information content (AvgIpc) is 2.73. The molecule has 1 amide bonds. The molecule has 0 unspecified atom stereocenters. The Bertz CT molecular complexity index is 792. The Morgan fingerprint density at radius 3 is 2.72 bits per heavy atom. The van der Waals surface area contributed by atoms with Gasteiger partial charge < -0.3 is 10.1 Å². The third-order valence-corrected chi connectivity index (χ3v) is 5.40. The highest BCUT2D eigenvalue weighted by Crippen LogP contribution is 2.25. The summed E-state index contributed by atoms with van der Waals surface area (Å²) in [7, 11) is 0. The first kappa shape index (κ1) is 21.3. The van der Waals surface area contributed by atoms with Crippen LogP contribution in [0.2, 0.25) is 0 Å². The highest BCUT2D eigenvalue weighted by Gasteiger charge is 2.25. The minimum Gasteiger partial charge on any atom is -0.491 e. The van der Waals surface area contributed by atoms with Crippen molar-refractivity contribution in [3.05, 3.63) is 65.5 Å². The standard InChI is InChI=1S/C24H31FN2O2/c1-18(2)22-7-3-4-8-23(22)29-15-13-26-24(28)20-6-5-14-27(17-20)16-19-9-11-21(25)12-10-19/h3-4,7-12,18,20H,5-6,13-17H2,1-2H3,(H,26,28)/t20-/m0/s1. The third kappa shape index (κ3) is 6.29. The number of amides is 1. The molecule has 1 saturated heterocycles. The van der Waals surface area contributed by atoms with Crippen molar-refractivity contribution >= 4 is 5.91 Å². The van der Waals surface area contributed by atoms with Gasteiger partial charge in [-0.15, -0.1) is 0 Å². The molecule has 29 heavy (non-hydrogen) atoms. The van der Waals surface area contributed by atoms with Gasteiger partial charge in [-0.25, -0.2) is 4.39 Å². The topological polar surface area (TPSA) is 41.6 Å². The Labute approximate surface area is 173 Å². The van der Waals surface area contributed by atoms with Crippen LogP contribution in [0.5, 0.6) is 5.75 Å². The summed E-state index contributed by atoms with van der Waals surface area (Å²) in [5, 5.41) is 3.02. The first-order valence-electron chi connectivity index (χ1n) is 10.5. The van der Waals surface area contributed by atoms with E-state index in [0.717, 1.165) is 43.8 Å². The number of likely N-dealkylation sites (tertiary alicyclic amines) is 1. The Kier molecular flexibility index (Phi) is 7.64. The van der Waals surface area contributed by atoms with Crippen LogP contribution in [0, 0.1) is 11.7 Å². The van der Waals surface area contributed by atoms with Gasteiger partial charge >= 0.3 is 0 Å². The summed E-state index contributed by atoms with van der Waals surface area (Å²) in [5.74, 6) is 1.15. The molecular weight excluding hydrogens is 367 g/mol. The summed E-state index contributed by atoms with van der Waals surface area (Å²) in [4.78, 5) is 14.9. The normalized spacial score (nSPS) is 17.3. The molecule has 2 aromatic carbocycles. The summed E-state index contributed by atoms with van der Waals surface area (Å²) in [5.41, 5.74) is 2.26. The van der Waals surface area contributed by atoms with Crippen LogP contribution in [0.1, 0.15) is 43.7 Å². The summed E-state index contributed by atoms with van der Waals surface area (Å²) < 4.78 is 19.0. The fourth-order valence-electron chi connectivity index (χ4n) is 3.83. The number of rotatable bonds is 8. The van der Waals surface area contributed by atoms with E-state index in [9.17, 15) is 9.18 Å². The van der Waals surface area contributed by atoms with Gasteiger partial charge in [0.25, 0.3) is 0 Å². The molecule has 1 atom stereocenters. The average molecular weight is 399 g/mol. The van der Waals surface area contributed by atoms with E-state index in [1.54, 1.807) is 0 Å². The minimum atomic E-state index is -0.220. The highest BCUT2D eigenvalue weighted by molar-refractivity contribution is 5.78. The number of hydrogen-bond acceptors (Lipinski definition) is 3. The zero-order valence-corrected chi connectivity index (χ0v) is 17.4. The summed E-state index contributed by atoms with van der Waals surface area (Å²) in [6, 6.07) is 14.6. The van der Waals surface area contributed by atoms with Crippen LogP contribution in [-0.2, 0) is 11.3 Å². The summed E-state index contributed by atoms with van der Waals surface area (Å²) in [6.45, 7) is 7.70. The highest BCUT2D eigenvalue weighted by atomic mass is 19.1. The third-order valence-electron chi connectivity index (χ3n) is 5.40. The van der Waals surface area contributed by atoms with Crippen LogP contribution in [-0.4, -0.2) is 37.0 Å². The minimum absolute atomic E-state index is 0.00727. The van der Waals surface area contributed by atoms with Crippen molar-refractivity contribution in [2.45, 2.75) is 39.2 Å². The maximum absolute atomic E-state index is 13.1. The van der Waals surface area contributed by atoms with Crippen molar-refractivity contribution < 1.29 is 13.9 Å². The van der Waals surface area contributed by atoms with Gasteiger partial charge in [0, 0.05) is 13.1 Å². The molecular formula is C24H31FN2O2. The predicted molar refractivity (Wildman–Crippen MR) is 113 cm³/mol. The molecule has 2 aromatic rings. The number of benzene rings is 2. The lowest BCUT2D eigenvalue weighted by atomic mass is 9.96. The fraction of sp³-hybridized carbons (Fsp3) is 0.458. The van der Waals surface area contributed by atoms with Crippen molar-refractivity contribution in [2.24, 2.45) is 5.92 Å². The molecule has 1 fully saturated rings. The molecule has 1 N–H and O–H groups in total. The lowest BCUT2D eigenvalue weighted by Crippen LogP contribution is -2.43. The second kappa shape index (κ2) is 10.4. The largest absolute Gasteiger partial charge is 0.491 e. The van der Waals surface area contributed by atoms with Crippen molar-refractivity contribution in [1.82, 2.24) is 10.2 Å². The number of ether oxygens (including phenoxy) is 1. The molecule has 1 aliphatic heterocycles.